The van der Waals surface area contributed by atoms with E-state index in [2.05, 4.69) is 26.3 Å². The van der Waals surface area contributed by atoms with Gasteiger partial charge in [-0.1, -0.05) is 29.8 Å². The van der Waals surface area contributed by atoms with E-state index in [-0.39, 0.29) is 23.4 Å². The van der Waals surface area contributed by atoms with Gasteiger partial charge < -0.3 is 15.3 Å². The number of halogens is 1. The lowest BCUT2D eigenvalue weighted by atomic mass is 10.1. The van der Waals surface area contributed by atoms with Crippen molar-refractivity contribution < 1.29 is 14.7 Å². The second-order valence-corrected chi connectivity index (χ2v) is 10.8. The summed E-state index contributed by atoms with van der Waals surface area (Å²) in [6, 6.07) is 5.89. The van der Waals surface area contributed by atoms with Gasteiger partial charge >= 0.3 is 0 Å². The molecule has 2 amide bonds. The normalized spacial score (nSPS) is 15.3. The molecule has 1 fully saturated rings. The number of aromatic hydroxyl groups is 1. The number of carbonyl (C=O) groups excluding carboxylic acids is 2. The van der Waals surface area contributed by atoms with Crippen molar-refractivity contribution in [3.05, 3.63) is 61.5 Å². The van der Waals surface area contributed by atoms with Gasteiger partial charge in [0.15, 0.2) is 5.56 Å². The van der Waals surface area contributed by atoms with Crippen LogP contribution in [-0.2, 0) is 17.8 Å². The molecule has 2 N–H and O–H groups in total. The first-order chi connectivity index (χ1) is 17.2. The molecule has 0 spiro atoms. The van der Waals surface area contributed by atoms with E-state index in [0.29, 0.717) is 30.0 Å². The summed E-state index contributed by atoms with van der Waals surface area (Å²) in [5, 5.41) is 18.1. The Morgan fingerprint density at radius 3 is 2.75 bits per heavy atom. The highest BCUT2D eigenvalue weighted by atomic mass is 79.9. The fourth-order valence-electron chi connectivity index (χ4n) is 4.62. The number of nitrogens with one attached hydrogen (secondary N) is 1. The number of aryl methyl sites for hydroxylation is 1. The molecule has 0 atom stereocenters. The summed E-state index contributed by atoms with van der Waals surface area (Å²) in [4.78, 5) is 41.1. The summed E-state index contributed by atoms with van der Waals surface area (Å²) in [5.41, 5.74) is 2.51. The highest BCUT2D eigenvalue weighted by Gasteiger charge is 2.30. The standard InChI is InChI=1S/C26H28BrN5O4/c1-14(2)13-31-24-19(7-9-21(33)30-11-10-16-12-17(27)4-8-20(16)30)15(3)29-32(24)26(36)22(25(31)35)23(34)28-18-5-6-18/h4,7-9,12,14,18,36H,5-6,10-11,13H2,1-3H3,(H,28,34). The molecule has 1 aliphatic heterocycles. The summed E-state index contributed by atoms with van der Waals surface area (Å²) < 4.78 is 3.67. The van der Waals surface area contributed by atoms with Crippen LogP contribution in [0.2, 0.25) is 0 Å². The maximum atomic E-state index is 13.5. The lowest BCUT2D eigenvalue weighted by Crippen LogP contribution is -2.36. The highest BCUT2D eigenvalue weighted by molar-refractivity contribution is 9.10. The molecule has 0 unspecified atom stereocenters. The minimum absolute atomic E-state index is 0.0336. The molecule has 36 heavy (non-hydrogen) atoms. The number of hydrogen-bond acceptors (Lipinski definition) is 5. The highest BCUT2D eigenvalue weighted by Crippen LogP contribution is 2.31. The van der Waals surface area contributed by atoms with E-state index in [9.17, 15) is 19.5 Å². The van der Waals surface area contributed by atoms with Crippen molar-refractivity contribution in [2.24, 2.45) is 5.92 Å². The Labute approximate surface area is 216 Å². The Morgan fingerprint density at radius 1 is 1.31 bits per heavy atom. The quantitative estimate of drug-likeness (QED) is 0.454. The van der Waals surface area contributed by atoms with Crippen LogP contribution in [0.4, 0.5) is 5.69 Å². The van der Waals surface area contributed by atoms with Crippen LogP contribution in [0.15, 0.2) is 33.5 Å². The summed E-state index contributed by atoms with van der Waals surface area (Å²) in [6.07, 6.45) is 5.60. The van der Waals surface area contributed by atoms with Gasteiger partial charge in [0.25, 0.3) is 17.4 Å². The number of anilines is 1. The van der Waals surface area contributed by atoms with E-state index in [1.165, 1.54) is 15.2 Å². The predicted molar refractivity (Wildman–Crippen MR) is 140 cm³/mol. The zero-order valence-electron chi connectivity index (χ0n) is 20.4. The molecule has 2 aliphatic rings. The van der Waals surface area contributed by atoms with Crippen molar-refractivity contribution in [2.75, 3.05) is 11.4 Å². The van der Waals surface area contributed by atoms with E-state index < -0.39 is 17.3 Å². The second kappa shape index (κ2) is 9.24. The second-order valence-electron chi connectivity index (χ2n) is 9.84. The summed E-state index contributed by atoms with van der Waals surface area (Å²) >= 11 is 3.47. The topological polar surface area (TPSA) is 109 Å². The SMILES string of the molecule is Cc1nn2c(O)c(C(=O)NC3CC3)c(=O)n(CC(C)C)c2c1C=CC(=O)N1CCc2cc(Br)ccc21. The van der Waals surface area contributed by atoms with Crippen LogP contribution in [0, 0.1) is 12.8 Å². The van der Waals surface area contributed by atoms with Crippen LogP contribution in [0.1, 0.15) is 53.9 Å². The maximum Gasteiger partial charge on any atom is 0.270 e. The Kier molecular flexibility index (Phi) is 6.23. The lowest BCUT2D eigenvalue weighted by Gasteiger charge is -2.16. The predicted octanol–water partition coefficient (Wildman–Crippen LogP) is 3.42. The van der Waals surface area contributed by atoms with Gasteiger partial charge in [-0.15, -0.1) is 0 Å². The van der Waals surface area contributed by atoms with E-state index in [1.807, 2.05) is 32.0 Å². The van der Waals surface area contributed by atoms with Crippen LogP contribution < -0.4 is 15.8 Å². The third-order valence-electron chi connectivity index (χ3n) is 6.50. The zero-order chi connectivity index (χ0) is 25.7. The first-order valence-electron chi connectivity index (χ1n) is 12.1. The van der Waals surface area contributed by atoms with Gasteiger partial charge in [-0.3, -0.25) is 19.0 Å². The van der Waals surface area contributed by atoms with Crippen LogP contribution in [0.5, 0.6) is 5.88 Å². The molecule has 1 saturated carbocycles. The van der Waals surface area contributed by atoms with Crippen LogP contribution in [0.25, 0.3) is 11.7 Å². The minimum atomic E-state index is -0.598. The summed E-state index contributed by atoms with van der Waals surface area (Å²) in [5.74, 6) is -1.19. The van der Waals surface area contributed by atoms with Crippen molar-refractivity contribution >= 4 is 45.2 Å². The Hall–Kier alpha value is -3.40. The van der Waals surface area contributed by atoms with Gasteiger partial charge in [-0.2, -0.15) is 9.61 Å². The largest absolute Gasteiger partial charge is 0.492 e. The van der Waals surface area contributed by atoms with Crippen LogP contribution >= 0.6 is 15.9 Å². The number of fused-ring (bicyclic) bond motifs is 2. The molecule has 9 nitrogen and oxygen atoms in total. The molecule has 188 valence electrons. The molecule has 3 heterocycles. The number of amides is 2. The number of aromatic nitrogens is 3. The first-order valence-corrected chi connectivity index (χ1v) is 12.9. The molecule has 0 radical (unpaired) electrons. The zero-order valence-corrected chi connectivity index (χ0v) is 22.0. The molecule has 10 heteroatoms. The van der Waals surface area contributed by atoms with Gasteiger partial charge in [-0.05, 0) is 61.9 Å². The maximum absolute atomic E-state index is 13.5. The molecule has 1 aliphatic carbocycles. The van der Waals surface area contributed by atoms with Gasteiger partial charge in [-0.25, -0.2) is 0 Å². The third kappa shape index (κ3) is 4.34. The van der Waals surface area contributed by atoms with Crippen LogP contribution in [-0.4, -0.2) is 43.7 Å². The van der Waals surface area contributed by atoms with Crippen LogP contribution in [0.3, 0.4) is 0 Å². The molecule has 0 saturated heterocycles. The van der Waals surface area contributed by atoms with Crippen molar-refractivity contribution in [1.82, 2.24) is 19.5 Å². The molecule has 3 aromatic rings. The van der Waals surface area contributed by atoms with E-state index in [1.54, 1.807) is 17.9 Å². The molecule has 0 bridgehead atoms. The first kappa shape index (κ1) is 24.3. The number of benzene rings is 1. The molecule has 2 aromatic heterocycles. The van der Waals surface area contributed by atoms with E-state index in [0.717, 1.165) is 35.0 Å². The van der Waals surface area contributed by atoms with Gasteiger partial charge in [0.05, 0.1) is 5.69 Å². The van der Waals surface area contributed by atoms with E-state index >= 15 is 0 Å². The molecule has 5 rings (SSSR count). The van der Waals surface area contributed by atoms with Gasteiger partial charge in [0.1, 0.15) is 5.65 Å². The third-order valence-corrected chi connectivity index (χ3v) is 7.00. The van der Waals surface area contributed by atoms with Gasteiger partial charge in [0, 0.05) is 40.9 Å². The van der Waals surface area contributed by atoms with Crippen molar-refractivity contribution in [1.29, 1.82) is 0 Å². The fourth-order valence-corrected chi connectivity index (χ4v) is 5.03. The lowest BCUT2D eigenvalue weighted by molar-refractivity contribution is -0.114. The van der Waals surface area contributed by atoms with Crippen molar-refractivity contribution in [3.8, 4) is 5.88 Å². The average Bonchev–Trinajstić information content (AvgIpc) is 3.42. The molecule has 1 aromatic carbocycles. The molecular weight excluding hydrogens is 526 g/mol. The average molecular weight is 554 g/mol. The van der Waals surface area contributed by atoms with Crippen molar-refractivity contribution in [3.63, 3.8) is 0 Å². The van der Waals surface area contributed by atoms with Crippen molar-refractivity contribution in [2.45, 2.75) is 52.6 Å². The number of nitrogens with zero attached hydrogens (tertiary/aromatic N) is 4. The molecular formula is C26H28BrN5O4. The summed E-state index contributed by atoms with van der Waals surface area (Å²) in [7, 11) is 0. The summed E-state index contributed by atoms with van der Waals surface area (Å²) in [6.45, 7) is 6.57. The van der Waals surface area contributed by atoms with E-state index in [4.69, 9.17) is 0 Å². The number of hydrogen-bond donors (Lipinski definition) is 2. The number of rotatable bonds is 6. The fraction of sp³-hybridized carbons (Fsp3) is 0.385. The minimum Gasteiger partial charge on any atom is -0.492 e. The Bertz CT molecular complexity index is 1480. The Balaban J connectivity index is 1.57. The monoisotopic (exact) mass is 553 g/mol. The van der Waals surface area contributed by atoms with Gasteiger partial charge in [0.2, 0.25) is 5.88 Å². The Morgan fingerprint density at radius 2 is 2.06 bits per heavy atom. The number of carbonyl (C=O) groups is 2. The smallest absolute Gasteiger partial charge is 0.270 e.